The van der Waals surface area contributed by atoms with Gasteiger partial charge in [-0.25, -0.2) is 17.2 Å². The molecule has 21 heavy (non-hydrogen) atoms. The van der Waals surface area contributed by atoms with Gasteiger partial charge < -0.3 is 5.73 Å². The summed E-state index contributed by atoms with van der Waals surface area (Å²) in [6, 6.07) is 5.72. The quantitative estimate of drug-likeness (QED) is 0.847. The molecule has 0 saturated heterocycles. The lowest BCUT2D eigenvalue weighted by Gasteiger charge is -2.13. The Kier molecular flexibility index (Phi) is 4.06. The first-order valence-electron chi connectivity index (χ1n) is 5.75. The molecule has 3 N–H and O–H groups in total. The molecule has 2 aromatic carbocycles. The molecule has 0 heterocycles. The summed E-state index contributed by atoms with van der Waals surface area (Å²) in [6.45, 7) is 1.40. The van der Waals surface area contributed by atoms with E-state index in [1.54, 1.807) is 0 Å². The van der Waals surface area contributed by atoms with E-state index in [1.807, 2.05) is 4.72 Å². The second-order valence-corrected chi connectivity index (χ2v) is 6.40. The van der Waals surface area contributed by atoms with Crippen molar-refractivity contribution in [1.82, 2.24) is 0 Å². The van der Waals surface area contributed by atoms with Crippen LogP contribution in [0.15, 0.2) is 35.2 Å². The maximum absolute atomic E-state index is 13.6. The number of hydrogen-bond acceptors (Lipinski definition) is 3. The van der Waals surface area contributed by atoms with Gasteiger partial charge in [-0.1, -0.05) is 17.7 Å². The number of benzene rings is 2. The first-order valence-corrected chi connectivity index (χ1v) is 7.61. The molecular weight excluding hydrogens is 322 g/mol. The molecule has 2 aromatic rings. The van der Waals surface area contributed by atoms with Gasteiger partial charge in [0.2, 0.25) is 0 Å². The number of hydrogen-bond donors (Lipinski definition) is 2. The van der Waals surface area contributed by atoms with Crippen molar-refractivity contribution in [2.24, 2.45) is 0 Å². The molecule has 2 rings (SSSR count). The van der Waals surface area contributed by atoms with Crippen LogP contribution in [0.2, 0.25) is 5.02 Å². The standard InChI is InChI=1S/C13H11ClF2N2O2S/c1-7-5-10(16)11(17)6-12(7)21(19,20)18-13-8(14)3-2-4-9(13)15/h2-6,18H,17H2,1H3. The molecule has 112 valence electrons. The van der Waals surface area contributed by atoms with Gasteiger partial charge in [-0.05, 0) is 36.8 Å². The van der Waals surface area contributed by atoms with Crippen LogP contribution < -0.4 is 10.5 Å². The third-order valence-corrected chi connectivity index (χ3v) is 4.59. The van der Waals surface area contributed by atoms with E-state index < -0.39 is 21.7 Å². The summed E-state index contributed by atoms with van der Waals surface area (Å²) >= 11 is 5.77. The minimum absolute atomic E-state index is 0.0914. The summed E-state index contributed by atoms with van der Waals surface area (Å²) in [7, 11) is -4.15. The van der Waals surface area contributed by atoms with E-state index in [2.05, 4.69) is 0 Å². The van der Waals surface area contributed by atoms with E-state index in [0.29, 0.717) is 0 Å². The molecule has 0 aliphatic rings. The van der Waals surface area contributed by atoms with Crippen LogP contribution in [-0.2, 0) is 10.0 Å². The molecule has 0 spiro atoms. The molecule has 8 heteroatoms. The Morgan fingerprint density at radius 1 is 1.19 bits per heavy atom. The van der Waals surface area contributed by atoms with Crippen molar-refractivity contribution in [2.45, 2.75) is 11.8 Å². The van der Waals surface area contributed by atoms with Crippen molar-refractivity contribution in [1.29, 1.82) is 0 Å². The highest BCUT2D eigenvalue weighted by molar-refractivity contribution is 7.92. The summed E-state index contributed by atoms with van der Waals surface area (Å²) in [4.78, 5) is -0.249. The second kappa shape index (κ2) is 5.50. The Bertz CT molecular complexity index is 790. The number of nitrogens with one attached hydrogen (secondary N) is 1. The Labute approximate surface area is 125 Å². The van der Waals surface area contributed by atoms with Crippen LogP contribution in [0.3, 0.4) is 0 Å². The predicted octanol–water partition coefficient (Wildman–Crippen LogP) is 3.31. The molecular formula is C13H11ClF2N2O2S. The fourth-order valence-corrected chi connectivity index (χ4v) is 3.36. The lowest BCUT2D eigenvalue weighted by atomic mass is 10.2. The lowest BCUT2D eigenvalue weighted by molar-refractivity contribution is 0.596. The zero-order chi connectivity index (χ0) is 15.8. The van der Waals surface area contributed by atoms with Crippen LogP contribution in [0, 0.1) is 18.6 Å². The average Bonchev–Trinajstić information content (AvgIpc) is 2.38. The van der Waals surface area contributed by atoms with Crippen LogP contribution in [-0.4, -0.2) is 8.42 Å². The van der Waals surface area contributed by atoms with Crippen LogP contribution in [0.25, 0.3) is 0 Å². The van der Waals surface area contributed by atoms with Gasteiger partial charge in [0, 0.05) is 0 Å². The zero-order valence-corrected chi connectivity index (χ0v) is 12.4. The van der Waals surface area contributed by atoms with Crippen molar-refractivity contribution < 1.29 is 17.2 Å². The van der Waals surface area contributed by atoms with Crippen LogP contribution >= 0.6 is 11.6 Å². The van der Waals surface area contributed by atoms with Gasteiger partial charge in [-0.2, -0.15) is 0 Å². The minimum atomic E-state index is -4.15. The van der Waals surface area contributed by atoms with Gasteiger partial charge in [0.05, 0.1) is 15.6 Å². The molecule has 4 nitrogen and oxygen atoms in total. The van der Waals surface area contributed by atoms with Crippen molar-refractivity contribution in [3.05, 3.63) is 52.6 Å². The van der Waals surface area contributed by atoms with Gasteiger partial charge in [0.1, 0.15) is 17.3 Å². The Morgan fingerprint density at radius 2 is 1.86 bits per heavy atom. The highest BCUT2D eigenvalue weighted by Crippen LogP contribution is 2.29. The van der Waals surface area contributed by atoms with Crippen molar-refractivity contribution in [2.75, 3.05) is 10.5 Å². The first kappa shape index (κ1) is 15.5. The normalized spacial score (nSPS) is 11.4. The van der Waals surface area contributed by atoms with Gasteiger partial charge in [-0.15, -0.1) is 0 Å². The molecule has 0 saturated carbocycles. The number of para-hydroxylation sites is 1. The van der Waals surface area contributed by atoms with E-state index in [1.165, 1.54) is 19.1 Å². The monoisotopic (exact) mass is 332 g/mol. The highest BCUT2D eigenvalue weighted by Gasteiger charge is 2.21. The summed E-state index contributed by atoms with van der Waals surface area (Å²) in [5, 5.41) is -0.0914. The molecule has 0 amide bonds. The van der Waals surface area contributed by atoms with Crippen molar-refractivity contribution in [3.63, 3.8) is 0 Å². The summed E-state index contributed by atoms with van der Waals surface area (Å²) in [5.74, 6) is -1.55. The lowest BCUT2D eigenvalue weighted by Crippen LogP contribution is -2.16. The summed E-state index contributed by atoms with van der Waals surface area (Å²) in [6.07, 6.45) is 0. The Hall–Kier alpha value is -1.86. The topological polar surface area (TPSA) is 72.2 Å². The van der Waals surface area contributed by atoms with Crippen LogP contribution in [0.1, 0.15) is 5.56 Å². The number of halogens is 3. The first-order chi connectivity index (χ1) is 9.72. The maximum atomic E-state index is 13.6. The van der Waals surface area contributed by atoms with E-state index in [4.69, 9.17) is 17.3 Å². The fourth-order valence-electron chi connectivity index (χ4n) is 1.74. The molecule has 0 unspecified atom stereocenters. The maximum Gasteiger partial charge on any atom is 0.262 e. The Morgan fingerprint density at radius 3 is 2.48 bits per heavy atom. The second-order valence-electron chi connectivity index (χ2n) is 4.34. The molecule has 0 atom stereocenters. The van der Waals surface area contributed by atoms with Crippen molar-refractivity contribution in [3.8, 4) is 0 Å². The Balaban J connectivity index is 2.51. The number of nitrogen functional groups attached to an aromatic ring is 1. The smallest absolute Gasteiger partial charge is 0.262 e. The number of aryl methyl sites for hydroxylation is 1. The van der Waals surface area contributed by atoms with E-state index in [-0.39, 0.29) is 26.9 Å². The third kappa shape index (κ3) is 3.08. The number of sulfonamides is 1. The number of rotatable bonds is 3. The molecule has 0 radical (unpaired) electrons. The van der Waals surface area contributed by atoms with Gasteiger partial charge >= 0.3 is 0 Å². The fraction of sp³-hybridized carbons (Fsp3) is 0.0769. The highest BCUT2D eigenvalue weighted by atomic mass is 35.5. The van der Waals surface area contributed by atoms with Crippen LogP contribution in [0.4, 0.5) is 20.2 Å². The van der Waals surface area contributed by atoms with E-state index in [0.717, 1.165) is 18.2 Å². The predicted molar refractivity (Wildman–Crippen MR) is 77.8 cm³/mol. The van der Waals surface area contributed by atoms with Gasteiger partial charge in [0.25, 0.3) is 10.0 Å². The molecule has 0 bridgehead atoms. The van der Waals surface area contributed by atoms with Crippen molar-refractivity contribution >= 4 is 33.0 Å². The summed E-state index contributed by atoms with van der Waals surface area (Å²) in [5.41, 5.74) is 4.82. The van der Waals surface area contributed by atoms with Gasteiger partial charge in [0.15, 0.2) is 0 Å². The largest absolute Gasteiger partial charge is 0.396 e. The molecule has 0 aliphatic heterocycles. The average molecular weight is 333 g/mol. The molecule has 0 aromatic heterocycles. The zero-order valence-electron chi connectivity index (χ0n) is 10.8. The number of anilines is 2. The minimum Gasteiger partial charge on any atom is -0.396 e. The van der Waals surface area contributed by atoms with Gasteiger partial charge in [-0.3, -0.25) is 4.72 Å². The third-order valence-electron chi connectivity index (χ3n) is 2.78. The number of nitrogens with two attached hydrogens (primary N) is 1. The van der Waals surface area contributed by atoms with Crippen LogP contribution in [0.5, 0.6) is 0 Å². The SMILES string of the molecule is Cc1cc(F)c(N)cc1S(=O)(=O)Nc1c(F)cccc1Cl. The van der Waals surface area contributed by atoms with E-state index in [9.17, 15) is 17.2 Å². The summed E-state index contributed by atoms with van der Waals surface area (Å²) < 4.78 is 53.5. The molecule has 0 aliphatic carbocycles. The van der Waals surface area contributed by atoms with E-state index >= 15 is 0 Å². The molecule has 0 fully saturated rings.